The molecule has 1 unspecified atom stereocenters. The van der Waals surface area contributed by atoms with Crippen LogP contribution in [-0.2, 0) is 6.54 Å². The number of aryl methyl sites for hydroxylation is 2. The molecule has 21 heavy (non-hydrogen) atoms. The van der Waals surface area contributed by atoms with Gasteiger partial charge < -0.3 is 5.32 Å². The Morgan fingerprint density at radius 3 is 2.29 bits per heavy atom. The summed E-state index contributed by atoms with van der Waals surface area (Å²) in [5, 5.41) is 3.84. The van der Waals surface area contributed by atoms with Crippen molar-refractivity contribution in [1.82, 2.24) is 10.2 Å². The average molecular weight is 286 g/mol. The first-order chi connectivity index (χ1) is 9.78. The number of nitrogens with one attached hydrogen (secondary N) is 1. The van der Waals surface area contributed by atoms with Crippen LogP contribution in [0.25, 0.3) is 0 Å². The zero-order chi connectivity index (χ0) is 15.3. The summed E-state index contributed by atoms with van der Waals surface area (Å²) in [6.07, 6.45) is 2.81. The normalized spacial score (nSPS) is 29.6. The van der Waals surface area contributed by atoms with Gasteiger partial charge in [0, 0.05) is 30.7 Å². The quantitative estimate of drug-likeness (QED) is 0.912. The van der Waals surface area contributed by atoms with Crippen LogP contribution in [0.4, 0.5) is 0 Å². The van der Waals surface area contributed by atoms with Crippen LogP contribution in [0.1, 0.15) is 50.3 Å². The van der Waals surface area contributed by atoms with Crippen LogP contribution in [0, 0.1) is 19.8 Å². The predicted octanol–water partition coefficient (Wildman–Crippen LogP) is 3.66. The highest BCUT2D eigenvalue weighted by molar-refractivity contribution is 5.28. The number of benzene rings is 1. The standard InChI is InChI=1S/C19H30N2/c1-14-8-15(2)10-16(9-14)11-21-13-19(5,17-6-7-17)20-12-18(21,3)4/h8-10,17,20H,6-7,11-13H2,1-5H3. The first-order valence-corrected chi connectivity index (χ1v) is 8.36. The summed E-state index contributed by atoms with van der Waals surface area (Å²) in [7, 11) is 0. The molecule has 1 aromatic carbocycles. The molecule has 1 N–H and O–H groups in total. The van der Waals surface area contributed by atoms with Gasteiger partial charge in [-0.2, -0.15) is 0 Å². The molecule has 0 bridgehead atoms. The molecule has 1 aromatic rings. The van der Waals surface area contributed by atoms with Crippen molar-refractivity contribution in [2.45, 2.75) is 65.1 Å². The van der Waals surface area contributed by atoms with Crippen LogP contribution >= 0.6 is 0 Å². The van der Waals surface area contributed by atoms with E-state index in [-0.39, 0.29) is 5.54 Å². The third-order valence-electron chi connectivity index (χ3n) is 5.43. The second-order valence-electron chi connectivity index (χ2n) is 8.21. The number of hydrogen-bond donors (Lipinski definition) is 1. The summed E-state index contributed by atoms with van der Waals surface area (Å²) in [6, 6.07) is 6.96. The van der Waals surface area contributed by atoms with E-state index in [0.717, 1.165) is 25.6 Å². The molecule has 2 aliphatic rings. The van der Waals surface area contributed by atoms with E-state index < -0.39 is 0 Å². The summed E-state index contributed by atoms with van der Waals surface area (Å²) >= 11 is 0. The van der Waals surface area contributed by atoms with Crippen molar-refractivity contribution < 1.29 is 0 Å². The lowest BCUT2D eigenvalue weighted by Gasteiger charge is -2.51. The van der Waals surface area contributed by atoms with E-state index in [1.807, 2.05) is 0 Å². The largest absolute Gasteiger partial charge is 0.308 e. The molecule has 2 heteroatoms. The Morgan fingerprint density at radius 2 is 1.71 bits per heavy atom. The number of rotatable bonds is 3. The van der Waals surface area contributed by atoms with Gasteiger partial charge in [-0.15, -0.1) is 0 Å². The zero-order valence-electron chi connectivity index (χ0n) is 14.3. The molecule has 1 heterocycles. The van der Waals surface area contributed by atoms with Gasteiger partial charge in [-0.3, -0.25) is 4.90 Å². The van der Waals surface area contributed by atoms with Gasteiger partial charge in [-0.25, -0.2) is 0 Å². The fraction of sp³-hybridized carbons (Fsp3) is 0.684. The summed E-state index contributed by atoms with van der Waals surface area (Å²) in [5.41, 5.74) is 4.76. The lowest BCUT2D eigenvalue weighted by molar-refractivity contribution is 0.0178. The molecule has 3 rings (SSSR count). The molecule has 1 saturated carbocycles. The summed E-state index contributed by atoms with van der Waals surface area (Å²) in [4.78, 5) is 2.69. The second-order valence-corrected chi connectivity index (χ2v) is 8.21. The molecule has 2 nitrogen and oxygen atoms in total. The molecule has 1 saturated heterocycles. The van der Waals surface area contributed by atoms with E-state index >= 15 is 0 Å². The SMILES string of the molecule is Cc1cc(C)cc(CN2CC(C)(C3CC3)NCC2(C)C)c1. The van der Waals surface area contributed by atoms with E-state index in [0.29, 0.717) is 5.54 Å². The topological polar surface area (TPSA) is 15.3 Å². The Hall–Kier alpha value is -0.860. The van der Waals surface area contributed by atoms with Crippen LogP contribution in [-0.4, -0.2) is 29.1 Å². The number of hydrogen-bond acceptors (Lipinski definition) is 2. The van der Waals surface area contributed by atoms with Gasteiger partial charge in [-0.1, -0.05) is 29.3 Å². The summed E-state index contributed by atoms with van der Waals surface area (Å²) < 4.78 is 0. The van der Waals surface area contributed by atoms with E-state index in [4.69, 9.17) is 0 Å². The summed E-state index contributed by atoms with van der Waals surface area (Å²) in [5.74, 6) is 0.885. The Morgan fingerprint density at radius 1 is 1.10 bits per heavy atom. The summed E-state index contributed by atoms with van der Waals surface area (Å²) in [6.45, 7) is 14.9. The van der Waals surface area contributed by atoms with Crippen molar-refractivity contribution >= 4 is 0 Å². The van der Waals surface area contributed by atoms with Crippen molar-refractivity contribution in [3.63, 3.8) is 0 Å². The van der Waals surface area contributed by atoms with Gasteiger partial charge >= 0.3 is 0 Å². The Bertz CT molecular complexity index is 510. The lowest BCUT2D eigenvalue weighted by Crippen LogP contribution is -2.67. The molecule has 1 aliphatic carbocycles. The molecule has 1 atom stereocenters. The van der Waals surface area contributed by atoms with Crippen LogP contribution in [0.2, 0.25) is 0 Å². The van der Waals surface area contributed by atoms with Crippen LogP contribution in [0.5, 0.6) is 0 Å². The van der Waals surface area contributed by atoms with Crippen LogP contribution in [0.3, 0.4) is 0 Å². The third kappa shape index (κ3) is 3.17. The zero-order valence-corrected chi connectivity index (χ0v) is 14.3. The average Bonchev–Trinajstić information content (AvgIpc) is 3.18. The van der Waals surface area contributed by atoms with Gasteiger partial charge in [0.2, 0.25) is 0 Å². The molecular formula is C19H30N2. The van der Waals surface area contributed by atoms with Crippen molar-refractivity contribution in [3.05, 3.63) is 34.9 Å². The first-order valence-electron chi connectivity index (χ1n) is 8.36. The van der Waals surface area contributed by atoms with Gasteiger partial charge in [0.15, 0.2) is 0 Å². The minimum Gasteiger partial charge on any atom is -0.308 e. The molecule has 116 valence electrons. The van der Waals surface area contributed by atoms with Gasteiger partial charge in [0.25, 0.3) is 0 Å². The fourth-order valence-electron chi connectivity index (χ4n) is 3.84. The molecule has 0 radical (unpaired) electrons. The number of piperazine rings is 1. The Labute approximate surface area is 129 Å². The van der Waals surface area contributed by atoms with Crippen molar-refractivity contribution in [3.8, 4) is 0 Å². The van der Waals surface area contributed by atoms with Crippen molar-refractivity contribution in [2.75, 3.05) is 13.1 Å². The second kappa shape index (κ2) is 5.10. The Kier molecular flexibility index (Phi) is 3.66. The molecular weight excluding hydrogens is 256 g/mol. The van der Waals surface area contributed by atoms with E-state index in [1.54, 1.807) is 0 Å². The van der Waals surface area contributed by atoms with Crippen molar-refractivity contribution in [2.24, 2.45) is 5.92 Å². The maximum atomic E-state index is 3.84. The van der Waals surface area contributed by atoms with Gasteiger partial charge in [0.1, 0.15) is 0 Å². The van der Waals surface area contributed by atoms with Crippen LogP contribution in [0.15, 0.2) is 18.2 Å². The Balaban J connectivity index is 1.80. The van der Waals surface area contributed by atoms with Crippen LogP contribution < -0.4 is 5.32 Å². The highest BCUT2D eigenvalue weighted by Crippen LogP contribution is 2.42. The van der Waals surface area contributed by atoms with Gasteiger partial charge in [-0.05, 0) is 58.9 Å². The number of nitrogens with zero attached hydrogens (tertiary/aromatic N) is 1. The van der Waals surface area contributed by atoms with Gasteiger partial charge in [0.05, 0.1) is 0 Å². The molecule has 0 aromatic heterocycles. The molecule has 2 fully saturated rings. The molecule has 0 spiro atoms. The maximum absolute atomic E-state index is 3.84. The molecule has 1 aliphatic heterocycles. The highest BCUT2D eigenvalue weighted by Gasteiger charge is 2.47. The lowest BCUT2D eigenvalue weighted by atomic mass is 9.86. The van der Waals surface area contributed by atoms with Crippen molar-refractivity contribution in [1.29, 1.82) is 0 Å². The highest BCUT2D eigenvalue weighted by atomic mass is 15.3. The maximum Gasteiger partial charge on any atom is 0.0309 e. The minimum absolute atomic E-state index is 0.228. The van der Waals surface area contributed by atoms with E-state index in [9.17, 15) is 0 Å². The van der Waals surface area contributed by atoms with E-state index in [2.05, 4.69) is 63.0 Å². The minimum atomic E-state index is 0.228. The molecule has 0 amide bonds. The predicted molar refractivity (Wildman–Crippen MR) is 89.5 cm³/mol. The third-order valence-corrected chi connectivity index (χ3v) is 5.43. The first kappa shape index (κ1) is 15.1. The van der Waals surface area contributed by atoms with E-state index in [1.165, 1.54) is 29.5 Å². The fourth-order valence-corrected chi connectivity index (χ4v) is 3.84. The monoisotopic (exact) mass is 286 g/mol. The smallest absolute Gasteiger partial charge is 0.0309 e.